The molecule has 1 atom stereocenters. The molecule has 0 aliphatic carbocycles. The molecule has 1 rings (SSSR count). The molecule has 1 saturated heterocycles. The second-order valence-corrected chi connectivity index (χ2v) is 5.55. The molecular formula is C14H27N3O3. The van der Waals surface area contributed by atoms with Gasteiger partial charge in [-0.2, -0.15) is 0 Å². The molecule has 0 spiro atoms. The normalized spacial score (nSPS) is 17.8. The number of aliphatic carboxylic acids is 1. The zero-order valence-electron chi connectivity index (χ0n) is 12.6. The van der Waals surface area contributed by atoms with Crippen molar-refractivity contribution < 1.29 is 14.7 Å². The monoisotopic (exact) mass is 285 g/mol. The first kappa shape index (κ1) is 16.8. The predicted molar refractivity (Wildman–Crippen MR) is 77.7 cm³/mol. The molecular weight excluding hydrogens is 258 g/mol. The minimum Gasteiger partial charge on any atom is -0.481 e. The molecule has 1 aliphatic heterocycles. The molecule has 116 valence electrons. The van der Waals surface area contributed by atoms with Crippen molar-refractivity contribution in [3.63, 3.8) is 0 Å². The molecule has 2 amide bonds. The summed E-state index contributed by atoms with van der Waals surface area (Å²) >= 11 is 0. The van der Waals surface area contributed by atoms with Crippen molar-refractivity contribution >= 4 is 12.0 Å². The second-order valence-electron chi connectivity index (χ2n) is 5.55. The zero-order chi connectivity index (χ0) is 15.0. The Hall–Kier alpha value is -1.30. The summed E-state index contributed by atoms with van der Waals surface area (Å²) in [6, 6.07) is -0.0247. The van der Waals surface area contributed by atoms with E-state index in [1.54, 1.807) is 0 Å². The van der Waals surface area contributed by atoms with Crippen LogP contribution in [0.2, 0.25) is 0 Å². The molecule has 1 heterocycles. The van der Waals surface area contributed by atoms with E-state index >= 15 is 0 Å². The second kappa shape index (κ2) is 8.79. The third kappa shape index (κ3) is 6.23. The van der Waals surface area contributed by atoms with Gasteiger partial charge in [-0.25, -0.2) is 4.79 Å². The van der Waals surface area contributed by atoms with Crippen LogP contribution in [0.5, 0.6) is 0 Å². The maximum absolute atomic E-state index is 12.0. The van der Waals surface area contributed by atoms with Crippen LogP contribution in [0.15, 0.2) is 0 Å². The molecule has 0 aromatic rings. The van der Waals surface area contributed by atoms with Crippen LogP contribution in [0.3, 0.4) is 0 Å². The fourth-order valence-electron chi connectivity index (χ4n) is 2.34. The minimum atomic E-state index is -0.782. The number of hydrogen-bond acceptors (Lipinski definition) is 3. The van der Waals surface area contributed by atoms with Crippen molar-refractivity contribution in [3.05, 3.63) is 0 Å². The van der Waals surface area contributed by atoms with Gasteiger partial charge < -0.3 is 15.3 Å². The summed E-state index contributed by atoms with van der Waals surface area (Å²) in [6.45, 7) is 9.19. The highest BCUT2D eigenvalue weighted by Gasteiger charge is 2.20. The molecule has 6 nitrogen and oxygen atoms in total. The van der Waals surface area contributed by atoms with Gasteiger partial charge in [-0.3, -0.25) is 9.69 Å². The van der Waals surface area contributed by atoms with Crippen LogP contribution in [0, 0.1) is 5.92 Å². The highest BCUT2D eigenvalue weighted by atomic mass is 16.4. The van der Waals surface area contributed by atoms with E-state index in [1.165, 1.54) is 0 Å². The van der Waals surface area contributed by atoms with Gasteiger partial charge in [0.25, 0.3) is 0 Å². The standard InChI is InChI=1S/C14H27N3O3/c1-3-6-16-7-9-17(10-8-16)14(20)15-11-12(2)4-5-13(18)19/h12H,3-11H2,1-2H3,(H,15,20)(H,18,19). The smallest absolute Gasteiger partial charge is 0.317 e. The van der Waals surface area contributed by atoms with Crippen LogP contribution in [0.4, 0.5) is 4.79 Å². The Balaban J connectivity index is 2.18. The highest BCUT2D eigenvalue weighted by molar-refractivity contribution is 5.74. The van der Waals surface area contributed by atoms with E-state index in [4.69, 9.17) is 5.11 Å². The number of urea groups is 1. The lowest BCUT2D eigenvalue weighted by atomic mass is 10.1. The lowest BCUT2D eigenvalue weighted by molar-refractivity contribution is -0.137. The fourth-order valence-corrected chi connectivity index (χ4v) is 2.34. The van der Waals surface area contributed by atoms with Crippen LogP contribution in [0.1, 0.15) is 33.1 Å². The van der Waals surface area contributed by atoms with E-state index < -0.39 is 5.97 Å². The molecule has 2 N–H and O–H groups in total. The van der Waals surface area contributed by atoms with E-state index in [2.05, 4.69) is 17.1 Å². The van der Waals surface area contributed by atoms with Gasteiger partial charge in [0, 0.05) is 39.1 Å². The largest absolute Gasteiger partial charge is 0.481 e. The molecule has 20 heavy (non-hydrogen) atoms. The summed E-state index contributed by atoms with van der Waals surface area (Å²) in [6.07, 6.45) is 1.90. The van der Waals surface area contributed by atoms with Gasteiger partial charge in [0.2, 0.25) is 0 Å². The predicted octanol–water partition coefficient (Wildman–Crippen LogP) is 1.22. The summed E-state index contributed by atoms with van der Waals surface area (Å²) in [5.41, 5.74) is 0. The summed E-state index contributed by atoms with van der Waals surface area (Å²) in [5, 5.41) is 11.5. The highest BCUT2D eigenvalue weighted by Crippen LogP contribution is 2.06. The molecule has 6 heteroatoms. The lowest BCUT2D eigenvalue weighted by Gasteiger charge is -2.34. The lowest BCUT2D eigenvalue weighted by Crippen LogP contribution is -2.52. The van der Waals surface area contributed by atoms with Crippen molar-refractivity contribution in [3.8, 4) is 0 Å². The average molecular weight is 285 g/mol. The quantitative estimate of drug-likeness (QED) is 0.738. The maximum atomic E-state index is 12.0. The minimum absolute atomic E-state index is 0.0247. The van der Waals surface area contributed by atoms with Crippen molar-refractivity contribution in [1.82, 2.24) is 15.1 Å². The molecule has 0 radical (unpaired) electrons. The number of carbonyl (C=O) groups is 2. The number of amides is 2. The number of nitrogens with zero attached hydrogens (tertiary/aromatic N) is 2. The molecule has 0 aromatic carbocycles. The van der Waals surface area contributed by atoms with Gasteiger partial charge in [0.15, 0.2) is 0 Å². The molecule has 1 fully saturated rings. The third-order valence-electron chi connectivity index (χ3n) is 3.65. The van der Waals surface area contributed by atoms with Crippen LogP contribution >= 0.6 is 0 Å². The Morgan fingerprint density at radius 1 is 1.25 bits per heavy atom. The average Bonchev–Trinajstić information content (AvgIpc) is 2.43. The molecule has 1 unspecified atom stereocenters. The van der Waals surface area contributed by atoms with E-state index in [0.29, 0.717) is 13.0 Å². The summed E-state index contributed by atoms with van der Waals surface area (Å²) in [7, 11) is 0. The molecule has 0 bridgehead atoms. The van der Waals surface area contributed by atoms with Crippen LogP contribution in [-0.4, -0.2) is 66.2 Å². The number of carboxylic acids is 1. The van der Waals surface area contributed by atoms with Gasteiger partial charge in [0.1, 0.15) is 0 Å². The number of carbonyl (C=O) groups excluding carboxylic acids is 1. The first-order chi connectivity index (χ1) is 9.52. The first-order valence-corrected chi connectivity index (χ1v) is 7.49. The summed E-state index contributed by atoms with van der Waals surface area (Å²) < 4.78 is 0. The van der Waals surface area contributed by atoms with Crippen LogP contribution in [-0.2, 0) is 4.79 Å². The first-order valence-electron chi connectivity index (χ1n) is 7.49. The van der Waals surface area contributed by atoms with Crippen molar-refractivity contribution in [2.24, 2.45) is 5.92 Å². The van der Waals surface area contributed by atoms with Crippen molar-refractivity contribution in [1.29, 1.82) is 0 Å². The number of piperazine rings is 1. The van der Waals surface area contributed by atoms with Gasteiger partial charge in [-0.1, -0.05) is 13.8 Å². The zero-order valence-corrected chi connectivity index (χ0v) is 12.6. The Kier molecular flexibility index (Phi) is 7.36. The van der Waals surface area contributed by atoms with Crippen LogP contribution in [0.25, 0.3) is 0 Å². The third-order valence-corrected chi connectivity index (χ3v) is 3.65. The molecule has 0 aromatic heterocycles. The van der Waals surface area contributed by atoms with Crippen molar-refractivity contribution in [2.75, 3.05) is 39.3 Å². The fraction of sp³-hybridized carbons (Fsp3) is 0.857. The van der Waals surface area contributed by atoms with Gasteiger partial charge in [-0.05, 0) is 25.3 Å². The summed E-state index contributed by atoms with van der Waals surface area (Å²) in [4.78, 5) is 26.7. The van der Waals surface area contributed by atoms with E-state index in [-0.39, 0.29) is 18.4 Å². The SMILES string of the molecule is CCCN1CCN(C(=O)NCC(C)CCC(=O)O)CC1. The number of rotatable bonds is 7. The van der Waals surface area contributed by atoms with E-state index in [9.17, 15) is 9.59 Å². The summed E-state index contributed by atoms with van der Waals surface area (Å²) in [5.74, 6) is -0.591. The van der Waals surface area contributed by atoms with E-state index in [1.807, 2.05) is 11.8 Å². The Morgan fingerprint density at radius 2 is 1.90 bits per heavy atom. The molecule has 1 aliphatic rings. The Labute approximate surface area is 121 Å². The maximum Gasteiger partial charge on any atom is 0.317 e. The van der Waals surface area contributed by atoms with E-state index in [0.717, 1.165) is 39.1 Å². The number of nitrogens with one attached hydrogen (secondary N) is 1. The number of carboxylic acid groups (broad SMARTS) is 1. The number of hydrogen-bond donors (Lipinski definition) is 2. The Bertz CT molecular complexity index is 315. The van der Waals surface area contributed by atoms with Gasteiger partial charge >= 0.3 is 12.0 Å². The van der Waals surface area contributed by atoms with Gasteiger partial charge in [0.05, 0.1) is 0 Å². The van der Waals surface area contributed by atoms with Crippen LogP contribution < -0.4 is 5.32 Å². The topological polar surface area (TPSA) is 72.9 Å². The van der Waals surface area contributed by atoms with Gasteiger partial charge in [-0.15, -0.1) is 0 Å². The molecule has 0 saturated carbocycles. The van der Waals surface area contributed by atoms with Crippen molar-refractivity contribution in [2.45, 2.75) is 33.1 Å². The Morgan fingerprint density at radius 3 is 2.45 bits per heavy atom.